The molecule has 0 N–H and O–H groups in total. The number of methoxy groups -OCH3 is 1. The molecule has 0 fully saturated rings. The zero-order valence-corrected chi connectivity index (χ0v) is 18.1. The van der Waals surface area contributed by atoms with Gasteiger partial charge in [-0.2, -0.15) is 0 Å². The summed E-state index contributed by atoms with van der Waals surface area (Å²) in [6.07, 6.45) is 0.421. The summed E-state index contributed by atoms with van der Waals surface area (Å²) < 4.78 is 18.7. The van der Waals surface area contributed by atoms with E-state index in [0.717, 1.165) is 11.3 Å². The predicted molar refractivity (Wildman–Crippen MR) is 120 cm³/mol. The second-order valence-electron chi connectivity index (χ2n) is 7.36. The van der Waals surface area contributed by atoms with Crippen molar-refractivity contribution in [2.75, 3.05) is 7.11 Å². The zero-order chi connectivity index (χ0) is 22.1. The highest BCUT2D eigenvalue weighted by atomic mass is 35.5. The molecule has 2 heterocycles. The van der Waals surface area contributed by atoms with Gasteiger partial charge in [-0.3, -0.25) is 9.78 Å². The number of aromatic nitrogens is 2. The first-order valence-electron chi connectivity index (χ1n) is 9.77. The van der Waals surface area contributed by atoms with E-state index in [-0.39, 0.29) is 11.6 Å². The summed E-state index contributed by atoms with van der Waals surface area (Å²) in [5.41, 5.74) is 4.77. The van der Waals surface area contributed by atoms with Crippen LogP contribution in [0.1, 0.15) is 38.4 Å². The van der Waals surface area contributed by atoms with E-state index in [1.165, 1.54) is 19.2 Å². The Bertz CT molecular complexity index is 1300. The molecule has 4 aromatic rings. The minimum absolute atomic E-state index is 0.126. The highest BCUT2D eigenvalue weighted by molar-refractivity contribution is 6.36. The van der Waals surface area contributed by atoms with Crippen molar-refractivity contribution >= 4 is 28.3 Å². The highest BCUT2D eigenvalue weighted by Crippen LogP contribution is 2.34. The zero-order valence-electron chi connectivity index (χ0n) is 17.4. The minimum Gasteiger partial charge on any atom is -0.481 e. The van der Waals surface area contributed by atoms with Gasteiger partial charge in [0, 0.05) is 39.9 Å². The Morgan fingerprint density at radius 2 is 1.77 bits per heavy atom. The Balaban J connectivity index is 1.80. The van der Waals surface area contributed by atoms with Crippen molar-refractivity contribution in [2.45, 2.75) is 20.3 Å². The third-order valence-electron chi connectivity index (χ3n) is 5.20. The minimum atomic E-state index is -0.303. The molecule has 0 saturated heterocycles. The number of benzene rings is 2. The molecule has 0 spiro atoms. The van der Waals surface area contributed by atoms with Crippen LogP contribution < -0.4 is 4.74 Å². The van der Waals surface area contributed by atoms with Gasteiger partial charge in [-0.05, 0) is 61.9 Å². The van der Waals surface area contributed by atoms with E-state index in [4.69, 9.17) is 16.3 Å². The number of hydrogen-bond acceptors (Lipinski definition) is 4. The molecule has 6 heteroatoms. The van der Waals surface area contributed by atoms with Gasteiger partial charge in [0.1, 0.15) is 5.82 Å². The van der Waals surface area contributed by atoms with Crippen molar-refractivity contribution in [3.05, 3.63) is 99.1 Å². The van der Waals surface area contributed by atoms with Gasteiger partial charge in [0.15, 0.2) is 5.78 Å². The maximum Gasteiger partial charge on any atom is 0.218 e. The average Bonchev–Trinajstić information content (AvgIpc) is 2.76. The molecule has 0 amide bonds. The quantitative estimate of drug-likeness (QED) is 0.368. The second kappa shape index (κ2) is 8.44. The second-order valence-corrected chi connectivity index (χ2v) is 7.74. The van der Waals surface area contributed by atoms with Crippen LogP contribution in [0.5, 0.6) is 5.88 Å². The number of rotatable bonds is 5. The van der Waals surface area contributed by atoms with Crippen molar-refractivity contribution in [1.82, 2.24) is 9.97 Å². The number of carbonyl (C=O) groups is 1. The van der Waals surface area contributed by atoms with E-state index in [1.807, 2.05) is 19.9 Å². The topological polar surface area (TPSA) is 52.1 Å². The van der Waals surface area contributed by atoms with Gasteiger partial charge >= 0.3 is 0 Å². The van der Waals surface area contributed by atoms with Crippen LogP contribution in [0, 0.1) is 19.7 Å². The number of carbonyl (C=O) groups excluding carboxylic acids is 1. The number of halogens is 2. The Kier molecular flexibility index (Phi) is 5.70. The van der Waals surface area contributed by atoms with Crippen LogP contribution in [0.4, 0.5) is 4.39 Å². The molecule has 4 nitrogen and oxygen atoms in total. The normalized spacial score (nSPS) is 11.0. The molecule has 0 unspecified atom stereocenters. The smallest absolute Gasteiger partial charge is 0.218 e. The van der Waals surface area contributed by atoms with Crippen LogP contribution in [-0.4, -0.2) is 22.9 Å². The van der Waals surface area contributed by atoms with Gasteiger partial charge in [-0.25, -0.2) is 9.37 Å². The van der Waals surface area contributed by atoms with Crippen LogP contribution >= 0.6 is 11.6 Å². The standard InChI is InChI=1S/C25H20ClFN2O2/c1-14-4-10-19(15(2)28-14)24(30)17-7-11-22-20(13-17)23(26)21(25(29-22)31-3)12-16-5-8-18(27)9-6-16/h4-11,13H,12H2,1-3H3. The molecule has 2 aromatic heterocycles. The van der Waals surface area contributed by atoms with Crippen molar-refractivity contribution in [3.63, 3.8) is 0 Å². The van der Waals surface area contributed by atoms with Crippen LogP contribution in [0.2, 0.25) is 5.02 Å². The van der Waals surface area contributed by atoms with Gasteiger partial charge < -0.3 is 4.74 Å². The van der Waals surface area contributed by atoms with Gasteiger partial charge in [0.05, 0.1) is 17.6 Å². The Morgan fingerprint density at radius 3 is 2.45 bits per heavy atom. The Labute approximate surface area is 184 Å². The monoisotopic (exact) mass is 434 g/mol. The first-order valence-corrected chi connectivity index (χ1v) is 10.1. The summed E-state index contributed by atoms with van der Waals surface area (Å²) in [7, 11) is 1.53. The van der Waals surface area contributed by atoms with E-state index in [9.17, 15) is 9.18 Å². The average molecular weight is 435 g/mol. The lowest BCUT2D eigenvalue weighted by atomic mass is 9.98. The molecule has 0 bridgehead atoms. The van der Waals surface area contributed by atoms with Gasteiger partial charge in [-0.15, -0.1) is 0 Å². The number of aryl methyl sites for hydroxylation is 2. The highest BCUT2D eigenvalue weighted by Gasteiger charge is 2.18. The molecular weight excluding hydrogens is 415 g/mol. The maximum absolute atomic E-state index is 13.3. The summed E-state index contributed by atoms with van der Waals surface area (Å²) in [5, 5.41) is 1.11. The SMILES string of the molecule is COc1nc2ccc(C(=O)c3ccc(C)nc3C)cc2c(Cl)c1Cc1ccc(F)cc1. The van der Waals surface area contributed by atoms with Gasteiger partial charge in [-0.1, -0.05) is 23.7 Å². The van der Waals surface area contributed by atoms with E-state index >= 15 is 0 Å². The number of fused-ring (bicyclic) bond motifs is 1. The first-order chi connectivity index (χ1) is 14.9. The molecule has 0 aliphatic rings. The van der Waals surface area contributed by atoms with E-state index < -0.39 is 0 Å². The van der Waals surface area contributed by atoms with E-state index in [2.05, 4.69) is 9.97 Å². The number of nitrogens with zero attached hydrogens (tertiary/aromatic N) is 2. The lowest BCUT2D eigenvalue weighted by Gasteiger charge is -2.13. The maximum atomic E-state index is 13.3. The fourth-order valence-corrected chi connectivity index (χ4v) is 3.89. The molecule has 2 aromatic carbocycles. The van der Waals surface area contributed by atoms with Crippen LogP contribution in [0.25, 0.3) is 10.9 Å². The van der Waals surface area contributed by atoms with Crippen molar-refractivity contribution in [2.24, 2.45) is 0 Å². The van der Waals surface area contributed by atoms with Crippen LogP contribution in [0.15, 0.2) is 54.6 Å². The molecular formula is C25H20ClFN2O2. The molecule has 0 saturated carbocycles. The summed E-state index contributed by atoms with van der Waals surface area (Å²) in [6.45, 7) is 3.71. The van der Waals surface area contributed by atoms with Gasteiger partial charge in [0.25, 0.3) is 0 Å². The Morgan fingerprint density at radius 1 is 1.03 bits per heavy atom. The lowest BCUT2D eigenvalue weighted by molar-refractivity contribution is 0.103. The fraction of sp³-hybridized carbons (Fsp3) is 0.160. The number of ketones is 1. The summed E-state index contributed by atoms with van der Waals surface area (Å²) in [6, 6.07) is 15.0. The first kappa shape index (κ1) is 20.9. The third-order valence-corrected chi connectivity index (χ3v) is 5.63. The Hall–Kier alpha value is -3.31. The van der Waals surface area contributed by atoms with Crippen molar-refractivity contribution < 1.29 is 13.9 Å². The molecule has 156 valence electrons. The van der Waals surface area contributed by atoms with Gasteiger partial charge in [0.2, 0.25) is 5.88 Å². The molecule has 4 rings (SSSR count). The molecule has 0 aliphatic carbocycles. The van der Waals surface area contributed by atoms with Crippen LogP contribution in [0.3, 0.4) is 0 Å². The number of pyridine rings is 2. The fourth-order valence-electron chi connectivity index (χ4n) is 3.59. The van der Waals surface area contributed by atoms with E-state index in [1.54, 1.807) is 36.4 Å². The number of hydrogen-bond donors (Lipinski definition) is 0. The largest absolute Gasteiger partial charge is 0.481 e. The molecule has 0 aliphatic heterocycles. The molecule has 0 radical (unpaired) electrons. The molecule has 0 atom stereocenters. The molecule has 31 heavy (non-hydrogen) atoms. The summed E-state index contributed by atoms with van der Waals surface area (Å²) in [5.74, 6) is -0.0270. The van der Waals surface area contributed by atoms with Crippen molar-refractivity contribution in [3.8, 4) is 5.88 Å². The number of ether oxygens (including phenoxy) is 1. The van der Waals surface area contributed by atoms with Crippen molar-refractivity contribution in [1.29, 1.82) is 0 Å². The third kappa shape index (κ3) is 4.14. The predicted octanol–water partition coefficient (Wildman–Crippen LogP) is 5.87. The van der Waals surface area contributed by atoms with E-state index in [0.29, 0.717) is 50.6 Å². The lowest BCUT2D eigenvalue weighted by Crippen LogP contribution is -2.06. The summed E-state index contributed by atoms with van der Waals surface area (Å²) in [4.78, 5) is 22.1. The van der Waals surface area contributed by atoms with Crippen LogP contribution in [-0.2, 0) is 6.42 Å². The summed E-state index contributed by atoms with van der Waals surface area (Å²) >= 11 is 6.76.